The Bertz CT molecular complexity index is 601. The molecule has 0 aliphatic rings. The van der Waals surface area contributed by atoms with E-state index in [4.69, 9.17) is 16.7 Å². The molecule has 0 saturated carbocycles. The molecule has 0 heterocycles. The summed E-state index contributed by atoms with van der Waals surface area (Å²) in [5.74, 6) is -3.71. The Balaban J connectivity index is 2.83. The summed E-state index contributed by atoms with van der Waals surface area (Å²) in [6.45, 7) is 0. The third-order valence-corrected chi connectivity index (χ3v) is 3.93. The quantitative estimate of drug-likeness (QED) is 0.823. The van der Waals surface area contributed by atoms with Crippen LogP contribution >= 0.6 is 11.6 Å². The number of benzene rings is 1. The van der Waals surface area contributed by atoms with Gasteiger partial charge >= 0.3 is 12.1 Å². The van der Waals surface area contributed by atoms with E-state index in [0.717, 1.165) is 0 Å². The number of aliphatic carboxylic acids is 1. The van der Waals surface area contributed by atoms with Crippen molar-refractivity contribution in [2.45, 2.75) is 18.6 Å². The van der Waals surface area contributed by atoms with Gasteiger partial charge < -0.3 is 5.11 Å². The minimum atomic E-state index is -4.95. The van der Waals surface area contributed by atoms with Crippen LogP contribution in [-0.4, -0.2) is 37.5 Å². The van der Waals surface area contributed by atoms with E-state index in [1.54, 1.807) is 0 Å². The van der Waals surface area contributed by atoms with Gasteiger partial charge in [-0.1, -0.05) is 23.7 Å². The number of carboxylic acids is 1. The molecule has 1 rings (SSSR count). The first-order valence-electron chi connectivity index (χ1n) is 5.52. The predicted molar refractivity (Wildman–Crippen MR) is 69.6 cm³/mol. The van der Waals surface area contributed by atoms with Gasteiger partial charge in [-0.15, -0.1) is 0 Å². The van der Waals surface area contributed by atoms with E-state index in [1.165, 1.54) is 29.0 Å². The van der Waals surface area contributed by atoms with Gasteiger partial charge in [0, 0.05) is 5.02 Å². The molecule has 0 spiro atoms. The summed E-state index contributed by atoms with van der Waals surface area (Å²) in [5.41, 5.74) is 0.418. The zero-order valence-electron chi connectivity index (χ0n) is 10.4. The van der Waals surface area contributed by atoms with E-state index in [1.807, 2.05) is 0 Å². The second-order valence-electron chi connectivity index (χ2n) is 4.21. The van der Waals surface area contributed by atoms with Crippen molar-refractivity contribution in [3.05, 3.63) is 34.9 Å². The fourth-order valence-electron chi connectivity index (χ4n) is 1.51. The van der Waals surface area contributed by atoms with Crippen LogP contribution in [0, 0.1) is 0 Å². The van der Waals surface area contributed by atoms with Crippen molar-refractivity contribution in [3.63, 3.8) is 0 Å². The van der Waals surface area contributed by atoms with Crippen LogP contribution in [0.15, 0.2) is 24.3 Å². The number of hydrogen-bond acceptors (Lipinski definition) is 3. The van der Waals surface area contributed by atoms with Gasteiger partial charge in [-0.3, -0.25) is 4.79 Å². The summed E-state index contributed by atoms with van der Waals surface area (Å²) >= 11 is 5.64. The topological polar surface area (TPSA) is 83.5 Å². The number of sulfonamides is 1. The fraction of sp³-hybridized carbons (Fsp3) is 0.364. The van der Waals surface area contributed by atoms with Crippen LogP contribution < -0.4 is 4.72 Å². The van der Waals surface area contributed by atoms with Crippen LogP contribution in [0.5, 0.6) is 0 Å². The highest BCUT2D eigenvalue weighted by Crippen LogP contribution is 2.17. The van der Waals surface area contributed by atoms with E-state index in [2.05, 4.69) is 0 Å². The minimum Gasteiger partial charge on any atom is -0.480 e. The number of rotatable bonds is 6. The predicted octanol–water partition coefficient (Wildman–Crippen LogP) is 1.82. The molecule has 0 bridgehead atoms. The summed E-state index contributed by atoms with van der Waals surface area (Å²) in [7, 11) is -4.79. The highest BCUT2D eigenvalue weighted by Gasteiger charge is 2.37. The fourth-order valence-corrected chi connectivity index (χ4v) is 2.77. The maximum Gasteiger partial charge on any atom is 0.404 e. The van der Waals surface area contributed by atoms with Gasteiger partial charge in [0.25, 0.3) is 0 Å². The zero-order chi connectivity index (χ0) is 16.3. The number of carbonyl (C=O) groups is 1. The average molecular weight is 346 g/mol. The Labute approximate surface area is 123 Å². The molecular formula is C11H11ClF3NO4S. The lowest BCUT2D eigenvalue weighted by Gasteiger charge is -2.15. The third kappa shape index (κ3) is 6.78. The maximum atomic E-state index is 12.1. The van der Waals surface area contributed by atoms with Crippen molar-refractivity contribution in [3.8, 4) is 0 Å². The van der Waals surface area contributed by atoms with E-state index in [9.17, 15) is 26.4 Å². The first kappa shape index (κ1) is 17.7. The van der Waals surface area contributed by atoms with Gasteiger partial charge in [-0.25, -0.2) is 13.1 Å². The van der Waals surface area contributed by atoms with E-state index in [0.29, 0.717) is 10.6 Å². The van der Waals surface area contributed by atoms with E-state index < -0.39 is 34.0 Å². The molecule has 1 aromatic carbocycles. The zero-order valence-corrected chi connectivity index (χ0v) is 12.0. The summed E-state index contributed by atoms with van der Waals surface area (Å²) < 4.78 is 60.4. The number of nitrogens with one attached hydrogen (secondary N) is 1. The third-order valence-electron chi connectivity index (χ3n) is 2.33. The van der Waals surface area contributed by atoms with Crippen molar-refractivity contribution in [2.75, 3.05) is 5.75 Å². The van der Waals surface area contributed by atoms with Gasteiger partial charge in [-0.05, 0) is 24.1 Å². The van der Waals surface area contributed by atoms with E-state index >= 15 is 0 Å². The summed E-state index contributed by atoms with van der Waals surface area (Å²) in [6, 6.07) is 4.13. The first-order chi connectivity index (χ1) is 9.48. The highest BCUT2D eigenvalue weighted by molar-refractivity contribution is 7.89. The van der Waals surface area contributed by atoms with Crippen LogP contribution in [0.3, 0.4) is 0 Å². The summed E-state index contributed by atoms with van der Waals surface area (Å²) in [4.78, 5) is 11.0. The molecule has 0 aliphatic carbocycles. The second kappa shape index (κ2) is 6.63. The number of halogens is 4. The monoisotopic (exact) mass is 345 g/mol. The molecule has 1 atom stereocenters. The van der Waals surface area contributed by atoms with Gasteiger partial charge in [-0.2, -0.15) is 13.2 Å². The molecule has 0 fully saturated rings. The molecule has 0 saturated heterocycles. The first-order valence-corrected chi connectivity index (χ1v) is 7.55. The van der Waals surface area contributed by atoms with Crippen molar-refractivity contribution in [2.24, 2.45) is 0 Å². The van der Waals surface area contributed by atoms with Crippen LogP contribution in [-0.2, 0) is 21.2 Å². The number of alkyl halides is 3. The summed E-state index contributed by atoms with van der Waals surface area (Å²) in [6.07, 6.45) is -5.25. The minimum absolute atomic E-state index is 0.302. The second-order valence-corrected chi connectivity index (χ2v) is 6.40. The molecule has 5 nitrogen and oxygen atoms in total. The number of hydrogen-bond donors (Lipinski definition) is 2. The Morgan fingerprint density at radius 3 is 2.24 bits per heavy atom. The lowest BCUT2D eigenvalue weighted by molar-refractivity contribution is -0.139. The molecule has 2 N–H and O–H groups in total. The van der Waals surface area contributed by atoms with Crippen LogP contribution in [0.4, 0.5) is 13.2 Å². The largest absolute Gasteiger partial charge is 0.480 e. The Kier molecular flexibility index (Phi) is 5.60. The summed E-state index contributed by atoms with van der Waals surface area (Å²) in [5, 5.41) is 9.31. The lowest BCUT2D eigenvalue weighted by atomic mass is 10.1. The van der Waals surface area contributed by atoms with Crippen molar-refractivity contribution >= 4 is 27.6 Å². The normalized spacial score (nSPS) is 13.9. The lowest BCUT2D eigenvalue weighted by Crippen LogP contribution is -2.45. The molecule has 0 amide bonds. The molecular weight excluding hydrogens is 335 g/mol. The van der Waals surface area contributed by atoms with Crippen LogP contribution in [0.1, 0.15) is 5.56 Å². The van der Waals surface area contributed by atoms with Crippen LogP contribution in [0.25, 0.3) is 0 Å². The number of carboxylic acid groups (broad SMARTS) is 1. The molecule has 1 aromatic rings. The van der Waals surface area contributed by atoms with Gasteiger partial charge in [0.1, 0.15) is 6.04 Å². The molecule has 118 valence electrons. The Morgan fingerprint density at radius 2 is 1.81 bits per heavy atom. The highest BCUT2D eigenvalue weighted by atomic mass is 35.5. The van der Waals surface area contributed by atoms with Gasteiger partial charge in [0.15, 0.2) is 5.75 Å². The van der Waals surface area contributed by atoms with Crippen molar-refractivity contribution < 1.29 is 31.5 Å². The molecule has 0 radical (unpaired) electrons. The molecule has 10 heteroatoms. The SMILES string of the molecule is O=C(O)[C@@H](Cc1ccc(Cl)cc1)NS(=O)(=O)CC(F)(F)F. The molecule has 0 unspecified atom stereocenters. The molecule has 0 aromatic heterocycles. The molecule has 0 aliphatic heterocycles. The van der Waals surface area contributed by atoms with E-state index in [-0.39, 0.29) is 6.42 Å². The average Bonchev–Trinajstić information content (AvgIpc) is 2.27. The Morgan fingerprint density at radius 1 is 1.29 bits per heavy atom. The van der Waals surface area contributed by atoms with Gasteiger partial charge in [0.05, 0.1) is 0 Å². The smallest absolute Gasteiger partial charge is 0.404 e. The van der Waals surface area contributed by atoms with Gasteiger partial charge in [0.2, 0.25) is 10.0 Å². The molecule has 21 heavy (non-hydrogen) atoms. The van der Waals surface area contributed by atoms with Crippen LogP contribution in [0.2, 0.25) is 5.02 Å². The van der Waals surface area contributed by atoms with Crippen molar-refractivity contribution in [1.29, 1.82) is 0 Å². The standard InChI is InChI=1S/C11H11ClF3NO4S/c12-8-3-1-7(2-4-8)5-9(10(17)18)16-21(19,20)6-11(13,14)15/h1-4,9,16H,5-6H2,(H,17,18)/t9-/m1/s1. The van der Waals surface area contributed by atoms with Crippen molar-refractivity contribution in [1.82, 2.24) is 4.72 Å². The Hall–Kier alpha value is -1.32. The maximum absolute atomic E-state index is 12.1.